The molecule has 1 aromatic rings. The minimum absolute atomic E-state index is 0.447. The molecule has 4 heteroatoms. The summed E-state index contributed by atoms with van der Waals surface area (Å²) >= 11 is 0. The van der Waals surface area contributed by atoms with Crippen molar-refractivity contribution < 1.29 is 4.74 Å². The zero-order valence-corrected chi connectivity index (χ0v) is 8.03. The zero-order valence-electron chi connectivity index (χ0n) is 8.03. The molecule has 0 atom stereocenters. The average Bonchev–Trinajstić information content (AvgIpc) is 2.31. The Labute approximate surface area is 77.9 Å². The summed E-state index contributed by atoms with van der Waals surface area (Å²) in [4.78, 5) is 0. The molecule has 0 saturated carbocycles. The molecule has 1 aliphatic rings. The second-order valence-corrected chi connectivity index (χ2v) is 3.70. The molecule has 1 N–H and O–H groups in total. The summed E-state index contributed by atoms with van der Waals surface area (Å²) in [6.07, 6.45) is 3.89. The number of aromatic nitrogens is 2. The zero-order chi connectivity index (χ0) is 9.26. The molecule has 4 nitrogen and oxygen atoms in total. The van der Waals surface area contributed by atoms with Crippen molar-refractivity contribution in [1.29, 1.82) is 0 Å². The van der Waals surface area contributed by atoms with E-state index in [0.717, 1.165) is 18.9 Å². The van der Waals surface area contributed by atoms with Crippen molar-refractivity contribution in [3.63, 3.8) is 0 Å². The van der Waals surface area contributed by atoms with Gasteiger partial charge in [0.1, 0.15) is 0 Å². The molecule has 0 aromatic carbocycles. The Hall–Kier alpha value is -1.03. The third-order valence-electron chi connectivity index (χ3n) is 2.05. The quantitative estimate of drug-likeness (QED) is 0.763. The number of rotatable bonds is 3. The Kier molecular flexibility index (Phi) is 2.22. The molecule has 0 aliphatic carbocycles. The molecule has 0 unspecified atom stereocenters. The Morgan fingerprint density at radius 1 is 1.62 bits per heavy atom. The second-order valence-electron chi connectivity index (χ2n) is 3.70. The molecular formula is C9H15N3O. The van der Waals surface area contributed by atoms with Crippen LogP contribution in [0.4, 0.5) is 5.69 Å². The van der Waals surface area contributed by atoms with Gasteiger partial charge in [0, 0.05) is 12.2 Å². The standard InChI is InChI=1S/C9H15N3O/c1-7(2)11-8-3-10-12(4-8)9-5-13-6-9/h3-4,7,9,11H,5-6H2,1-2H3. The van der Waals surface area contributed by atoms with Crippen molar-refractivity contribution in [1.82, 2.24) is 9.78 Å². The van der Waals surface area contributed by atoms with Crippen LogP contribution in [-0.2, 0) is 4.74 Å². The van der Waals surface area contributed by atoms with Crippen LogP contribution in [0.25, 0.3) is 0 Å². The highest BCUT2D eigenvalue weighted by Crippen LogP contribution is 2.18. The first-order valence-electron chi connectivity index (χ1n) is 4.64. The van der Waals surface area contributed by atoms with E-state index in [0.29, 0.717) is 12.1 Å². The number of anilines is 1. The lowest BCUT2D eigenvalue weighted by molar-refractivity contribution is -0.0286. The van der Waals surface area contributed by atoms with E-state index in [1.807, 2.05) is 17.1 Å². The highest BCUT2D eigenvalue weighted by molar-refractivity contribution is 5.39. The van der Waals surface area contributed by atoms with Crippen LogP contribution >= 0.6 is 0 Å². The summed E-state index contributed by atoms with van der Waals surface area (Å²) in [5, 5.41) is 7.57. The van der Waals surface area contributed by atoms with Gasteiger partial charge in [-0.3, -0.25) is 4.68 Å². The van der Waals surface area contributed by atoms with Crippen LogP contribution < -0.4 is 5.32 Å². The molecule has 13 heavy (non-hydrogen) atoms. The molecule has 72 valence electrons. The fraction of sp³-hybridized carbons (Fsp3) is 0.667. The molecule has 0 bridgehead atoms. The van der Waals surface area contributed by atoms with E-state index in [4.69, 9.17) is 4.74 Å². The highest BCUT2D eigenvalue weighted by atomic mass is 16.5. The topological polar surface area (TPSA) is 39.1 Å². The highest BCUT2D eigenvalue weighted by Gasteiger charge is 2.20. The Balaban J connectivity index is 2.00. The number of nitrogens with zero attached hydrogens (tertiary/aromatic N) is 2. The lowest BCUT2D eigenvalue weighted by Crippen LogP contribution is -2.30. The predicted octanol–water partition coefficient (Wildman–Crippen LogP) is 1.27. The average molecular weight is 181 g/mol. The van der Waals surface area contributed by atoms with Gasteiger partial charge in [-0.25, -0.2) is 0 Å². The third-order valence-corrected chi connectivity index (χ3v) is 2.05. The lowest BCUT2D eigenvalue weighted by atomic mass is 10.3. The maximum absolute atomic E-state index is 5.10. The smallest absolute Gasteiger partial charge is 0.0986 e. The number of hydrogen-bond acceptors (Lipinski definition) is 3. The van der Waals surface area contributed by atoms with E-state index < -0.39 is 0 Å². The van der Waals surface area contributed by atoms with Crippen LogP contribution in [0.15, 0.2) is 12.4 Å². The summed E-state index contributed by atoms with van der Waals surface area (Å²) < 4.78 is 7.06. The van der Waals surface area contributed by atoms with Crippen molar-refractivity contribution in [2.75, 3.05) is 18.5 Å². The van der Waals surface area contributed by atoms with Gasteiger partial charge in [0.25, 0.3) is 0 Å². The first-order valence-corrected chi connectivity index (χ1v) is 4.64. The van der Waals surface area contributed by atoms with Gasteiger partial charge in [0.15, 0.2) is 0 Å². The molecule has 1 fully saturated rings. The molecule has 0 spiro atoms. The minimum atomic E-state index is 0.447. The minimum Gasteiger partial charge on any atom is -0.380 e. The Morgan fingerprint density at radius 2 is 2.38 bits per heavy atom. The molecule has 1 aliphatic heterocycles. The molecular weight excluding hydrogens is 166 g/mol. The SMILES string of the molecule is CC(C)Nc1cnn(C2COC2)c1. The summed E-state index contributed by atoms with van der Waals surface area (Å²) in [7, 11) is 0. The van der Waals surface area contributed by atoms with Crippen LogP contribution in [0.3, 0.4) is 0 Å². The van der Waals surface area contributed by atoms with E-state index in [1.54, 1.807) is 0 Å². The maximum atomic E-state index is 5.10. The van der Waals surface area contributed by atoms with Crippen molar-refractivity contribution >= 4 is 5.69 Å². The van der Waals surface area contributed by atoms with Crippen LogP contribution in [-0.4, -0.2) is 29.0 Å². The molecule has 1 saturated heterocycles. The van der Waals surface area contributed by atoms with Crippen LogP contribution in [0, 0.1) is 0 Å². The number of nitrogens with one attached hydrogen (secondary N) is 1. The monoisotopic (exact) mass is 181 g/mol. The van der Waals surface area contributed by atoms with Crippen LogP contribution in [0.5, 0.6) is 0 Å². The van der Waals surface area contributed by atoms with Gasteiger partial charge in [-0.15, -0.1) is 0 Å². The normalized spacial score (nSPS) is 17.5. The molecule has 1 aromatic heterocycles. The third kappa shape index (κ3) is 1.83. The van der Waals surface area contributed by atoms with Crippen molar-refractivity contribution in [3.8, 4) is 0 Å². The van der Waals surface area contributed by atoms with Gasteiger partial charge >= 0.3 is 0 Å². The fourth-order valence-electron chi connectivity index (χ4n) is 1.32. The lowest BCUT2D eigenvalue weighted by Gasteiger charge is -2.25. The van der Waals surface area contributed by atoms with E-state index in [1.165, 1.54) is 0 Å². The summed E-state index contributed by atoms with van der Waals surface area (Å²) in [6.45, 7) is 5.82. The van der Waals surface area contributed by atoms with Crippen LogP contribution in [0.2, 0.25) is 0 Å². The van der Waals surface area contributed by atoms with Crippen LogP contribution in [0.1, 0.15) is 19.9 Å². The van der Waals surface area contributed by atoms with E-state index in [-0.39, 0.29) is 0 Å². The predicted molar refractivity (Wildman–Crippen MR) is 50.8 cm³/mol. The van der Waals surface area contributed by atoms with Gasteiger partial charge in [-0.1, -0.05) is 0 Å². The van der Waals surface area contributed by atoms with Crippen molar-refractivity contribution in [2.24, 2.45) is 0 Å². The number of hydrogen-bond donors (Lipinski definition) is 1. The van der Waals surface area contributed by atoms with Crippen molar-refractivity contribution in [3.05, 3.63) is 12.4 Å². The maximum Gasteiger partial charge on any atom is 0.0986 e. The first kappa shape index (κ1) is 8.56. The van der Waals surface area contributed by atoms with Gasteiger partial charge in [-0.05, 0) is 13.8 Å². The van der Waals surface area contributed by atoms with Crippen molar-refractivity contribution in [2.45, 2.75) is 25.9 Å². The molecule has 0 amide bonds. The van der Waals surface area contributed by atoms with Gasteiger partial charge in [-0.2, -0.15) is 5.10 Å². The Bertz CT molecular complexity index is 278. The van der Waals surface area contributed by atoms with Gasteiger partial charge < -0.3 is 10.1 Å². The largest absolute Gasteiger partial charge is 0.380 e. The summed E-state index contributed by atoms with van der Waals surface area (Å²) in [5.41, 5.74) is 1.09. The van der Waals surface area contributed by atoms with E-state index in [2.05, 4.69) is 24.3 Å². The van der Waals surface area contributed by atoms with Gasteiger partial charge in [0.2, 0.25) is 0 Å². The van der Waals surface area contributed by atoms with E-state index in [9.17, 15) is 0 Å². The summed E-state index contributed by atoms with van der Waals surface area (Å²) in [5.74, 6) is 0. The summed E-state index contributed by atoms with van der Waals surface area (Å²) in [6, 6.07) is 0.901. The molecule has 2 rings (SSSR count). The first-order chi connectivity index (χ1) is 6.25. The van der Waals surface area contributed by atoms with Gasteiger partial charge in [0.05, 0.1) is 31.1 Å². The molecule has 0 radical (unpaired) electrons. The van der Waals surface area contributed by atoms with E-state index >= 15 is 0 Å². The molecule has 2 heterocycles. The number of ether oxygens (including phenoxy) is 1. The second kappa shape index (κ2) is 3.38. The Morgan fingerprint density at radius 3 is 2.92 bits per heavy atom. The fourth-order valence-corrected chi connectivity index (χ4v) is 1.32.